The van der Waals surface area contributed by atoms with E-state index >= 15 is 0 Å². The molecule has 0 saturated carbocycles. The Balaban J connectivity index is 0.000000451. The second-order valence-electron chi connectivity index (χ2n) is 6.45. The predicted molar refractivity (Wildman–Crippen MR) is 111 cm³/mol. The van der Waals surface area contributed by atoms with Gasteiger partial charge in [0.2, 0.25) is 0 Å². The molecule has 1 atom stereocenters. The van der Waals surface area contributed by atoms with Crippen molar-refractivity contribution in [2.75, 3.05) is 23.7 Å². The van der Waals surface area contributed by atoms with Crippen LogP contribution in [0.4, 0.5) is 29.5 Å². The van der Waals surface area contributed by atoms with E-state index in [4.69, 9.17) is 21.5 Å². The number of anilines is 2. The van der Waals surface area contributed by atoms with Crippen LogP contribution in [0.1, 0.15) is 16.8 Å². The molecule has 0 aliphatic carbocycles. The van der Waals surface area contributed by atoms with Crippen molar-refractivity contribution >= 4 is 41.0 Å². The Labute approximate surface area is 185 Å². The Morgan fingerprint density at radius 1 is 1.12 bits per heavy atom. The fraction of sp³-hybridized carbons (Fsp3) is 0.263. The molecule has 2 heterocycles. The third-order valence-electron chi connectivity index (χ3n) is 4.03. The number of pyridine rings is 1. The van der Waals surface area contributed by atoms with Crippen molar-refractivity contribution in [3.05, 3.63) is 53.2 Å². The van der Waals surface area contributed by atoms with Gasteiger partial charge in [0.15, 0.2) is 0 Å². The lowest BCUT2D eigenvalue weighted by atomic mass is 10.1. The first kappa shape index (κ1) is 24.9. The highest BCUT2D eigenvalue weighted by Gasteiger charge is 2.38. The number of amides is 3. The molecule has 1 aromatic carbocycles. The number of aromatic nitrogens is 1. The number of hydrogen-bond donors (Lipinski definition) is 5. The van der Waals surface area contributed by atoms with Gasteiger partial charge in [0.05, 0.1) is 16.3 Å². The van der Waals surface area contributed by atoms with Crippen LogP contribution in [0.25, 0.3) is 0 Å². The largest absolute Gasteiger partial charge is 0.490 e. The maximum Gasteiger partial charge on any atom is 0.490 e. The van der Waals surface area contributed by atoms with Gasteiger partial charge in [0.25, 0.3) is 5.91 Å². The van der Waals surface area contributed by atoms with E-state index in [1.165, 1.54) is 6.20 Å². The number of halogens is 4. The SMILES string of the molecule is O=C(Nc1ccccc1C(=O)Nc1ccc(Cl)cn1)NC1CCNC1.O=C(O)C(F)(F)F. The smallest absolute Gasteiger partial charge is 0.475 e. The van der Waals surface area contributed by atoms with Crippen molar-refractivity contribution in [1.29, 1.82) is 0 Å². The zero-order chi connectivity index (χ0) is 23.7. The second-order valence-corrected chi connectivity index (χ2v) is 6.89. The number of rotatable bonds is 4. The Morgan fingerprint density at radius 3 is 2.38 bits per heavy atom. The molecule has 1 saturated heterocycles. The van der Waals surface area contributed by atoms with Crippen molar-refractivity contribution in [2.45, 2.75) is 18.6 Å². The number of aliphatic carboxylic acids is 1. The van der Waals surface area contributed by atoms with Crippen LogP contribution < -0.4 is 21.3 Å². The van der Waals surface area contributed by atoms with Crippen LogP contribution in [-0.2, 0) is 4.79 Å². The number of nitrogens with one attached hydrogen (secondary N) is 4. The molecular formula is C19H19ClF3N5O4. The molecule has 9 nitrogen and oxygen atoms in total. The molecule has 1 aliphatic rings. The van der Waals surface area contributed by atoms with Crippen molar-refractivity contribution in [3.63, 3.8) is 0 Å². The first-order chi connectivity index (χ1) is 15.1. The van der Waals surface area contributed by atoms with E-state index in [-0.39, 0.29) is 18.0 Å². The summed E-state index contributed by atoms with van der Waals surface area (Å²) in [6, 6.07) is 9.80. The van der Waals surface area contributed by atoms with Crippen molar-refractivity contribution in [3.8, 4) is 0 Å². The fourth-order valence-corrected chi connectivity index (χ4v) is 2.66. The van der Waals surface area contributed by atoms with E-state index < -0.39 is 12.1 Å². The molecule has 1 aromatic heterocycles. The van der Waals surface area contributed by atoms with Crippen LogP contribution in [0.2, 0.25) is 5.02 Å². The van der Waals surface area contributed by atoms with Crippen LogP contribution in [0, 0.1) is 0 Å². The standard InChI is InChI=1S/C17H18ClN5O2.C2HF3O2/c18-11-5-6-15(20-9-11)23-16(24)13-3-1-2-4-14(13)22-17(25)21-12-7-8-19-10-12;3-2(4,5)1(6)7/h1-6,9,12,19H,7-8,10H2,(H,20,23,24)(H2,21,22,25);(H,6,7). The molecule has 1 fully saturated rings. The summed E-state index contributed by atoms with van der Waals surface area (Å²) >= 11 is 5.78. The number of carboxylic acids is 1. The lowest BCUT2D eigenvalue weighted by Crippen LogP contribution is -2.39. The average Bonchev–Trinajstić information content (AvgIpc) is 3.22. The number of urea groups is 1. The van der Waals surface area contributed by atoms with Gasteiger partial charge in [-0.3, -0.25) is 4.79 Å². The Morgan fingerprint density at radius 2 is 1.81 bits per heavy atom. The van der Waals surface area contributed by atoms with Gasteiger partial charge in [-0.1, -0.05) is 23.7 Å². The molecule has 0 radical (unpaired) electrons. The Hall–Kier alpha value is -3.38. The van der Waals surface area contributed by atoms with Crippen LogP contribution in [0.5, 0.6) is 0 Å². The first-order valence-corrected chi connectivity index (χ1v) is 9.54. The van der Waals surface area contributed by atoms with Crippen molar-refractivity contribution in [2.24, 2.45) is 0 Å². The fourth-order valence-electron chi connectivity index (χ4n) is 2.55. The van der Waals surface area contributed by atoms with Crippen molar-refractivity contribution < 1.29 is 32.7 Å². The molecule has 3 amide bonds. The Bertz CT molecular complexity index is 951. The summed E-state index contributed by atoms with van der Waals surface area (Å²) in [5, 5.41) is 19.1. The molecule has 0 spiro atoms. The monoisotopic (exact) mass is 473 g/mol. The molecule has 32 heavy (non-hydrogen) atoms. The summed E-state index contributed by atoms with van der Waals surface area (Å²) in [5.41, 5.74) is 0.774. The number of carboxylic acid groups (broad SMARTS) is 1. The molecule has 2 aromatic rings. The third kappa shape index (κ3) is 8.04. The van der Waals surface area contributed by atoms with Crippen molar-refractivity contribution in [1.82, 2.24) is 15.6 Å². The predicted octanol–water partition coefficient (Wildman–Crippen LogP) is 3.10. The highest BCUT2D eigenvalue weighted by atomic mass is 35.5. The lowest BCUT2D eigenvalue weighted by molar-refractivity contribution is -0.192. The highest BCUT2D eigenvalue weighted by Crippen LogP contribution is 2.18. The maximum absolute atomic E-state index is 12.5. The quantitative estimate of drug-likeness (QED) is 0.463. The summed E-state index contributed by atoms with van der Waals surface area (Å²) in [6.45, 7) is 1.63. The second kappa shape index (κ2) is 11.3. The molecule has 3 rings (SSSR count). The van der Waals surface area contributed by atoms with Gasteiger partial charge in [-0.05, 0) is 37.2 Å². The number of hydrogen-bond acceptors (Lipinski definition) is 5. The van der Waals surface area contributed by atoms with E-state index in [1.807, 2.05) is 0 Å². The maximum atomic E-state index is 12.5. The van der Waals surface area contributed by atoms with Crippen LogP contribution >= 0.6 is 11.6 Å². The summed E-state index contributed by atoms with van der Waals surface area (Å²) in [6.07, 6.45) is -2.75. The summed E-state index contributed by atoms with van der Waals surface area (Å²) in [4.78, 5) is 37.5. The van der Waals surface area contributed by atoms with Gasteiger partial charge in [-0.25, -0.2) is 14.6 Å². The summed E-state index contributed by atoms with van der Waals surface area (Å²) < 4.78 is 31.7. The van der Waals surface area contributed by atoms with Crippen LogP contribution in [0.15, 0.2) is 42.6 Å². The van der Waals surface area contributed by atoms with Crippen LogP contribution in [0.3, 0.4) is 0 Å². The number of benzene rings is 1. The minimum atomic E-state index is -5.08. The molecule has 13 heteroatoms. The van der Waals surface area contributed by atoms with E-state index in [2.05, 4.69) is 26.3 Å². The zero-order valence-corrected chi connectivity index (χ0v) is 17.1. The summed E-state index contributed by atoms with van der Waals surface area (Å²) in [5.74, 6) is -2.74. The van der Waals surface area contributed by atoms with Gasteiger partial charge in [-0.2, -0.15) is 13.2 Å². The van der Waals surface area contributed by atoms with E-state index in [9.17, 15) is 22.8 Å². The summed E-state index contributed by atoms with van der Waals surface area (Å²) in [7, 11) is 0. The van der Waals surface area contributed by atoms with Gasteiger partial charge in [0, 0.05) is 18.8 Å². The Kier molecular flexibility index (Phi) is 8.79. The molecule has 0 bridgehead atoms. The lowest BCUT2D eigenvalue weighted by Gasteiger charge is -2.14. The number of alkyl halides is 3. The van der Waals surface area contributed by atoms with E-state index in [0.29, 0.717) is 22.1 Å². The van der Waals surface area contributed by atoms with Gasteiger partial charge in [0.1, 0.15) is 5.82 Å². The van der Waals surface area contributed by atoms with Gasteiger partial charge < -0.3 is 26.4 Å². The molecule has 1 unspecified atom stereocenters. The zero-order valence-electron chi connectivity index (χ0n) is 16.4. The molecule has 172 valence electrons. The third-order valence-corrected chi connectivity index (χ3v) is 4.25. The van der Waals surface area contributed by atoms with Gasteiger partial charge >= 0.3 is 18.2 Å². The normalized spacial score (nSPS) is 15.2. The minimum Gasteiger partial charge on any atom is -0.475 e. The van der Waals surface area contributed by atoms with Crippen LogP contribution in [-0.4, -0.2) is 53.3 Å². The topological polar surface area (TPSA) is 132 Å². The highest BCUT2D eigenvalue weighted by molar-refractivity contribution is 6.30. The average molecular weight is 474 g/mol. The molecule has 5 N–H and O–H groups in total. The number of carbonyl (C=O) groups excluding carboxylic acids is 2. The number of carbonyl (C=O) groups is 3. The van der Waals surface area contributed by atoms with E-state index in [0.717, 1.165) is 19.5 Å². The van der Waals surface area contributed by atoms with E-state index in [1.54, 1.807) is 36.4 Å². The molecule has 1 aliphatic heterocycles. The minimum absolute atomic E-state index is 0.0965. The number of para-hydroxylation sites is 1. The number of nitrogens with zero attached hydrogens (tertiary/aromatic N) is 1. The molecular weight excluding hydrogens is 455 g/mol. The first-order valence-electron chi connectivity index (χ1n) is 9.16. The van der Waals surface area contributed by atoms with Gasteiger partial charge in [-0.15, -0.1) is 0 Å².